The Morgan fingerprint density at radius 1 is 1.36 bits per heavy atom. The Hall–Kier alpha value is -1.85. The van der Waals surface area contributed by atoms with Gasteiger partial charge in [-0.15, -0.1) is 11.3 Å². The molecule has 1 aromatic carbocycles. The zero-order valence-electron chi connectivity index (χ0n) is 12.5. The van der Waals surface area contributed by atoms with Crippen molar-refractivity contribution < 1.29 is 4.74 Å². The molecule has 3 rings (SSSR count). The molecule has 0 aliphatic rings. The van der Waals surface area contributed by atoms with Crippen molar-refractivity contribution in [1.29, 1.82) is 0 Å². The Kier molecular flexibility index (Phi) is 3.93. The van der Waals surface area contributed by atoms with E-state index in [2.05, 4.69) is 4.98 Å². The van der Waals surface area contributed by atoms with Gasteiger partial charge in [0.1, 0.15) is 10.6 Å². The van der Waals surface area contributed by atoms with E-state index in [0.29, 0.717) is 22.7 Å². The molecule has 0 N–H and O–H groups in total. The van der Waals surface area contributed by atoms with E-state index in [0.717, 1.165) is 20.8 Å². The summed E-state index contributed by atoms with van der Waals surface area (Å²) in [5.74, 6) is 0.703. The van der Waals surface area contributed by atoms with E-state index in [1.807, 2.05) is 19.9 Å². The Balaban J connectivity index is 2.12. The van der Waals surface area contributed by atoms with Gasteiger partial charge in [-0.25, -0.2) is 4.98 Å². The van der Waals surface area contributed by atoms with Gasteiger partial charge in [-0.05, 0) is 37.6 Å². The van der Waals surface area contributed by atoms with Crippen LogP contribution in [0.3, 0.4) is 0 Å². The highest BCUT2D eigenvalue weighted by Gasteiger charge is 2.13. The number of thiophene rings is 1. The third kappa shape index (κ3) is 2.51. The predicted molar refractivity (Wildman–Crippen MR) is 90.5 cm³/mol. The second kappa shape index (κ2) is 5.74. The summed E-state index contributed by atoms with van der Waals surface area (Å²) in [6, 6.07) is 5.37. The van der Waals surface area contributed by atoms with Crippen LogP contribution in [0.15, 0.2) is 29.3 Å². The normalized spacial score (nSPS) is 11.1. The summed E-state index contributed by atoms with van der Waals surface area (Å²) < 4.78 is 6.93. The number of benzene rings is 1. The van der Waals surface area contributed by atoms with Crippen LogP contribution in [0.1, 0.15) is 16.0 Å². The summed E-state index contributed by atoms with van der Waals surface area (Å²) in [6.07, 6.45) is 1.58. The van der Waals surface area contributed by atoms with E-state index in [1.54, 1.807) is 41.5 Å². The molecule has 0 fully saturated rings. The van der Waals surface area contributed by atoms with E-state index in [4.69, 9.17) is 16.3 Å². The standard InChI is InChI=1S/C16H15ClN2O2S/c1-9-10(2)22-15-14(9)16(20)19(8-18-15)7-11-6-12(17)4-5-13(11)21-3/h4-6,8H,7H2,1-3H3. The molecule has 114 valence electrons. The lowest BCUT2D eigenvalue weighted by atomic mass is 10.2. The molecule has 2 heterocycles. The van der Waals surface area contributed by atoms with Gasteiger partial charge >= 0.3 is 0 Å². The fraction of sp³-hybridized carbons (Fsp3) is 0.250. The Morgan fingerprint density at radius 3 is 2.86 bits per heavy atom. The zero-order chi connectivity index (χ0) is 15.9. The molecule has 0 bridgehead atoms. The number of rotatable bonds is 3. The van der Waals surface area contributed by atoms with Crippen molar-refractivity contribution in [3.05, 3.63) is 55.9 Å². The lowest BCUT2D eigenvalue weighted by molar-refractivity contribution is 0.408. The number of nitrogens with zero attached hydrogens (tertiary/aromatic N) is 2. The molecule has 2 aromatic heterocycles. The van der Waals surface area contributed by atoms with Crippen LogP contribution in [0.4, 0.5) is 0 Å². The quantitative estimate of drug-likeness (QED) is 0.732. The average molecular weight is 335 g/mol. The van der Waals surface area contributed by atoms with E-state index in [9.17, 15) is 4.79 Å². The van der Waals surface area contributed by atoms with Crippen molar-refractivity contribution in [3.63, 3.8) is 0 Å². The minimum Gasteiger partial charge on any atom is -0.496 e. The summed E-state index contributed by atoms with van der Waals surface area (Å²) in [7, 11) is 1.60. The third-order valence-electron chi connectivity index (χ3n) is 3.74. The first-order valence-electron chi connectivity index (χ1n) is 6.79. The van der Waals surface area contributed by atoms with Gasteiger partial charge in [0.15, 0.2) is 0 Å². The van der Waals surface area contributed by atoms with Gasteiger partial charge in [0.05, 0.1) is 25.4 Å². The molecule has 0 amide bonds. The van der Waals surface area contributed by atoms with Crippen molar-refractivity contribution >= 4 is 33.2 Å². The van der Waals surface area contributed by atoms with E-state index < -0.39 is 0 Å². The van der Waals surface area contributed by atoms with Crippen molar-refractivity contribution in [2.75, 3.05) is 7.11 Å². The number of fused-ring (bicyclic) bond motifs is 1. The maximum Gasteiger partial charge on any atom is 0.262 e. The van der Waals surface area contributed by atoms with Gasteiger partial charge in [-0.2, -0.15) is 0 Å². The number of hydrogen-bond acceptors (Lipinski definition) is 4. The molecule has 0 saturated heterocycles. The van der Waals surface area contributed by atoms with Crippen LogP contribution in [0.25, 0.3) is 10.2 Å². The highest BCUT2D eigenvalue weighted by Crippen LogP contribution is 2.26. The molecule has 0 saturated carbocycles. The molecular formula is C16H15ClN2O2S. The van der Waals surface area contributed by atoms with Crippen LogP contribution in [0.2, 0.25) is 5.02 Å². The van der Waals surface area contributed by atoms with Crippen LogP contribution in [0.5, 0.6) is 5.75 Å². The van der Waals surface area contributed by atoms with Crippen LogP contribution in [0, 0.1) is 13.8 Å². The van der Waals surface area contributed by atoms with Gasteiger partial charge in [-0.3, -0.25) is 9.36 Å². The van der Waals surface area contributed by atoms with Gasteiger partial charge < -0.3 is 4.74 Å². The first-order valence-corrected chi connectivity index (χ1v) is 7.98. The minimum atomic E-state index is -0.0334. The van der Waals surface area contributed by atoms with Crippen molar-refractivity contribution in [3.8, 4) is 5.75 Å². The molecule has 4 nitrogen and oxygen atoms in total. The smallest absolute Gasteiger partial charge is 0.262 e. The number of methoxy groups -OCH3 is 1. The average Bonchev–Trinajstić information content (AvgIpc) is 2.78. The van der Waals surface area contributed by atoms with Crippen LogP contribution in [-0.4, -0.2) is 16.7 Å². The van der Waals surface area contributed by atoms with Crippen LogP contribution < -0.4 is 10.3 Å². The van der Waals surface area contributed by atoms with Crippen molar-refractivity contribution in [1.82, 2.24) is 9.55 Å². The second-order valence-electron chi connectivity index (χ2n) is 5.10. The fourth-order valence-corrected chi connectivity index (χ4v) is 3.62. The maximum absolute atomic E-state index is 12.7. The molecule has 0 aliphatic carbocycles. The molecular weight excluding hydrogens is 320 g/mol. The third-order valence-corrected chi connectivity index (χ3v) is 5.09. The molecule has 22 heavy (non-hydrogen) atoms. The van der Waals surface area contributed by atoms with E-state index >= 15 is 0 Å². The maximum atomic E-state index is 12.7. The predicted octanol–water partition coefficient (Wildman–Crippen LogP) is 3.79. The summed E-state index contributed by atoms with van der Waals surface area (Å²) >= 11 is 7.59. The topological polar surface area (TPSA) is 44.1 Å². The number of ether oxygens (including phenoxy) is 1. The Bertz CT molecular complexity index is 914. The van der Waals surface area contributed by atoms with Gasteiger partial charge in [-0.1, -0.05) is 11.6 Å². The van der Waals surface area contributed by atoms with E-state index in [-0.39, 0.29) is 5.56 Å². The first-order chi connectivity index (χ1) is 10.5. The highest BCUT2D eigenvalue weighted by atomic mass is 35.5. The van der Waals surface area contributed by atoms with Crippen molar-refractivity contribution in [2.45, 2.75) is 20.4 Å². The number of hydrogen-bond donors (Lipinski definition) is 0. The Morgan fingerprint density at radius 2 is 2.14 bits per heavy atom. The second-order valence-corrected chi connectivity index (χ2v) is 6.74. The molecule has 0 aliphatic heterocycles. The van der Waals surface area contributed by atoms with Crippen LogP contribution in [-0.2, 0) is 6.54 Å². The zero-order valence-corrected chi connectivity index (χ0v) is 14.1. The number of halogens is 1. The van der Waals surface area contributed by atoms with Gasteiger partial charge in [0.25, 0.3) is 5.56 Å². The summed E-state index contributed by atoms with van der Waals surface area (Å²) in [6.45, 7) is 4.34. The molecule has 0 radical (unpaired) electrons. The monoisotopic (exact) mass is 334 g/mol. The van der Waals surface area contributed by atoms with Crippen molar-refractivity contribution in [2.24, 2.45) is 0 Å². The molecule has 6 heteroatoms. The van der Waals surface area contributed by atoms with Gasteiger partial charge in [0, 0.05) is 15.5 Å². The fourth-order valence-electron chi connectivity index (χ4n) is 2.44. The minimum absolute atomic E-state index is 0.0334. The lowest BCUT2D eigenvalue weighted by Gasteiger charge is -2.10. The van der Waals surface area contributed by atoms with E-state index in [1.165, 1.54) is 0 Å². The highest BCUT2D eigenvalue weighted by molar-refractivity contribution is 7.18. The summed E-state index contributed by atoms with van der Waals surface area (Å²) in [5, 5.41) is 1.31. The molecule has 0 unspecified atom stereocenters. The molecule has 0 spiro atoms. The van der Waals surface area contributed by atoms with Crippen LogP contribution >= 0.6 is 22.9 Å². The largest absolute Gasteiger partial charge is 0.496 e. The first kappa shape index (κ1) is 15.1. The molecule has 0 atom stereocenters. The van der Waals surface area contributed by atoms with Gasteiger partial charge in [0.2, 0.25) is 0 Å². The molecule has 3 aromatic rings. The number of aryl methyl sites for hydroxylation is 2. The summed E-state index contributed by atoms with van der Waals surface area (Å²) in [5.41, 5.74) is 1.82. The lowest BCUT2D eigenvalue weighted by Crippen LogP contribution is -2.21. The summed E-state index contributed by atoms with van der Waals surface area (Å²) in [4.78, 5) is 19.0. The number of aromatic nitrogens is 2. The SMILES string of the molecule is COc1ccc(Cl)cc1Cn1cnc2sc(C)c(C)c2c1=O. The Labute approximate surface area is 136 Å².